The fraction of sp³-hybridized carbons (Fsp3) is 0.458. The molecule has 0 saturated carbocycles. The second-order valence-electron chi connectivity index (χ2n) is 9.36. The second-order valence-corrected chi connectivity index (χ2v) is 12.5. The van der Waals surface area contributed by atoms with Gasteiger partial charge in [-0.1, -0.05) is 0 Å². The third-order valence-corrected chi connectivity index (χ3v) is 6.63. The van der Waals surface area contributed by atoms with Crippen LogP contribution in [0, 0.1) is 0 Å². The summed E-state index contributed by atoms with van der Waals surface area (Å²) < 4.78 is 18.7. The Labute approximate surface area is 221 Å². The highest BCUT2D eigenvalue weighted by Crippen LogP contribution is 2.29. The summed E-state index contributed by atoms with van der Waals surface area (Å²) in [5, 5.41) is 6.42. The summed E-state index contributed by atoms with van der Waals surface area (Å²) in [6.45, 7) is 13.1. The number of nitrogens with zero attached hydrogens (tertiary/aromatic N) is 1. The summed E-state index contributed by atoms with van der Waals surface area (Å²) in [6, 6.07) is 3.66. The molecule has 0 aromatic carbocycles. The van der Waals surface area contributed by atoms with Crippen molar-refractivity contribution in [3.63, 3.8) is 0 Å². The van der Waals surface area contributed by atoms with Gasteiger partial charge in [0, 0.05) is 6.20 Å². The second kappa shape index (κ2) is 12.0. The monoisotopic (exact) mass is 586 g/mol. The average Bonchev–Trinajstić information content (AvgIpc) is 3.39. The van der Waals surface area contributed by atoms with Crippen LogP contribution >= 0.6 is 38.6 Å². The van der Waals surface area contributed by atoms with E-state index in [1.54, 1.807) is 13.1 Å². The number of fused-ring (bicyclic) bond motifs is 1. The molecule has 1 N–H and O–H groups in total. The number of ether oxygens (including phenoxy) is 3. The number of aromatic nitrogens is 1. The predicted molar refractivity (Wildman–Crippen MR) is 144 cm³/mol. The van der Waals surface area contributed by atoms with Crippen LogP contribution < -0.4 is 5.32 Å². The minimum absolute atomic E-state index is 0.153. The molecule has 192 valence electrons. The van der Waals surface area contributed by atoms with Crippen LogP contribution in [0.1, 0.15) is 54.0 Å². The molecular formula is C24H31BrN2O6S2. The van der Waals surface area contributed by atoms with Crippen LogP contribution in [-0.2, 0) is 25.4 Å². The Kier molecular flexibility index (Phi) is 9.94. The van der Waals surface area contributed by atoms with Crippen molar-refractivity contribution >= 4 is 72.7 Å². The Balaban J connectivity index is 0.000000269. The number of halogens is 1. The molecular weight excluding hydrogens is 556 g/mol. The fourth-order valence-corrected chi connectivity index (χ4v) is 4.79. The summed E-state index contributed by atoms with van der Waals surface area (Å²) in [7, 11) is 0. The maximum Gasteiger partial charge on any atom is 0.419 e. The van der Waals surface area contributed by atoms with E-state index < -0.39 is 23.4 Å². The molecule has 0 saturated heterocycles. The molecule has 3 heterocycles. The lowest BCUT2D eigenvalue weighted by atomic mass is 10.2. The zero-order chi connectivity index (χ0) is 26.4. The Morgan fingerprint density at radius 3 is 2.17 bits per heavy atom. The molecule has 0 spiro atoms. The summed E-state index contributed by atoms with van der Waals surface area (Å²) in [6.07, 6.45) is 0.935. The van der Waals surface area contributed by atoms with Crippen molar-refractivity contribution < 1.29 is 28.6 Å². The molecule has 8 nitrogen and oxygen atoms in total. The number of rotatable bonds is 4. The topological polar surface area (TPSA) is 95.9 Å². The standard InChI is InChI=1S/C15H19NO4S.C9H12BrNO2S/c1-5-19-12(17)8-10-9-16(11-6-7-21-13(10)11)14(18)20-15(2,3)4;1-9(2,3)13-8(12)11-6-4-5-14-7(6)10/h6-7,9H,5,8H2,1-4H3;4-5H,1-3H3,(H,11,12). The SMILES string of the molecule is CC(C)(C)OC(=O)Nc1ccsc1Br.CCOC(=O)Cc1cn(C(=O)OC(C)(C)C)c2ccsc12. The first-order valence-electron chi connectivity index (χ1n) is 10.9. The van der Waals surface area contributed by atoms with Crippen molar-refractivity contribution in [2.75, 3.05) is 11.9 Å². The molecule has 0 atom stereocenters. The predicted octanol–water partition coefficient (Wildman–Crippen LogP) is 7.45. The largest absolute Gasteiger partial charge is 0.466 e. The van der Waals surface area contributed by atoms with E-state index in [1.807, 2.05) is 64.4 Å². The first-order chi connectivity index (χ1) is 16.2. The zero-order valence-electron chi connectivity index (χ0n) is 20.9. The Hall–Kier alpha value is -2.37. The van der Waals surface area contributed by atoms with Crippen LogP contribution in [0.2, 0.25) is 0 Å². The number of carbonyl (C=O) groups is 3. The van der Waals surface area contributed by atoms with Crippen LogP contribution in [0.15, 0.2) is 32.9 Å². The number of carbonyl (C=O) groups excluding carboxylic acids is 3. The van der Waals surface area contributed by atoms with Crippen LogP contribution in [0.4, 0.5) is 15.3 Å². The molecule has 35 heavy (non-hydrogen) atoms. The van der Waals surface area contributed by atoms with E-state index >= 15 is 0 Å². The summed E-state index contributed by atoms with van der Waals surface area (Å²) in [5.41, 5.74) is 1.25. The van der Waals surface area contributed by atoms with Gasteiger partial charge in [-0.2, -0.15) is 0 Å². The smallest absolute Gasteiger partial charge is 0.419 e. The van der Waals surface area contributed by atoms with Gasteiger partial charge in [0.1, 0.15) is 11.2 Å². The van der Waals surface area contributed by atoms with E-state index in [0.29, 0.717) is 6.61 Å². The Morgan fingerprint density at radius 1 is 1.00 bits per heavy atom. The molecule has 0 radical (unpaired) electrons. The van der Waals surface area contributed by atoms with Gasteiger partial charge in [-0.15, -0.1) is 22.7 Å². The highest BCUT2D eigenvalue weighted by atomic mass is 79.9. The van der Waals surface area contributed by atoms with Gasteiger partial charge in [-0.25, -0.2) is 9.59 Å². The number of esters is 1. The van der Waals surface area contributed by atoms with Gasteiger partial charge in [-0.05, 0) is 92.9 Å². The number of anilines is 1. The van der Waals surface area contributed by atoms with E-state index in [4.69, 9.17) is 14.2 Å². The van der Waals surface area contributed by atoms with E-state index in [0.717, 1.165) is 25.3 Å². The lowest BCUT2D eigenvalue weighted by Gasteiger charge is -2.19. The molecule has 3 aromatic heterocycles. The molecule has 3 rings (SSSR count). The van der Waals surface area contributed by atoms with Crippen molar-refractivity contribution in [2.24, 2.45) is 0 Å². The highest BCUT2D eigenvalue weighted by molar-refractivity contribution is 9.11. The molecule has 11 heteroatoms. The molecule has 0 fully saturated rings. The molecule has 0 aliphatic rings. The van der Waals surface area contributed by atoms with Crippen LogP contribution in [0.3, 0.4) is 0 Å². The molecule has 3 aromatic rings. The number of thiophene rings is 2. The maximum absolute atomic E-state index is 12.2. The van der Waals surface area contributed by atoms with Crippen molar-refractivity contribution in [1.29, 1.82) is 0 Å². The molecule has 0 unspecified atom stereocenters. The lowest BCUT2D eigenvalue weighted by molar-refractivity contribution is -0.142. The fourth-order valence-electron chi connectivity index (χ4n) is 2.77. The van der Waals surface area contributed by atoms with Gasteiger partial charge in [0.25, 0.3) is 0 Å². The number of hydrogen-bond donors (Lipinski definition) is 1. The van der Waals surface area contributed by atoms with Gasteiger partial charge in [0.2, 0.25) is 0 Å². The summed E-state index contributed by atoms with van der Waals surface area (Å²) in [5.74, 6) is -0.297. The normalized spacial score (nSPS) is 11.4. The van der Waals surface area contributed by atoms with Crippen molar-refractivity contribution in [3.05, 3.63) is 38.4 Å². The van der Waals surface area contributed by atoms with E-state index in [2.05, 4.69) is 21.2 Å². The Morgan fingerprint density at radius 2 is 1.63 bits per heavy atom. The first kappa shape index (κ1) is 28.9. The third-order valence-electron chi connectivity index (χ3n) is 3.96. The number of hydrogen-bond acceptors (Lipinski definition) is 8. The molecule has 0 aliphatic carbocycles. The Bertz CT molecular complexity index is 1170. The average molecular weight is 588 g/mol. The van der Waals surface area contributed by atoms with Crippen molar-refractivity contribution in [2.45, 2.75) is 66.1 Å². The minimum atomic E-state index is -0.564. The number of nitrogens with one attached hydrogen (secondary N) is 1. The van der Waals surface area contributed by atoms with Gasteiger partial charge >= 0.3 is 18.2 Å². The van der Waals surface area contributed by atoms with Gasteiger partial charge in [0.15, 0.2) is 0 Å². The quantitative estimate of drug-likeness (QED) is 0.252. The summed E-state index contributed by atoms with van der Waals surface area (Å²) in [4.78, 5) is 35.2. The maximum atomic E-state index is 12.2. The number of amides is 1. The molecule has 0 bridgehead atoms. The van der Waals surface area contributed by atoms with Crippen molar-refractivity contribution in [3.8, 4) is 0 Å². The zero-order valence-corrected chi connectivity index (χ0v) is 24.1. The van der Waals surface area contributed by atoms with Crippen LogP contribution in [-0.4, -0.2) is 40.5 Å². The third kappa shape index (κ3) is 9.30. The molecule has 0 aliphatic heterocycles. The minimum Gasteiger partial charge on any atom is -0.466 e. The molecule has 1 amide bonds. The lowest BCUT2D eigenvalue weighted by Crippen LogP contribution is -2.27. The van der Waals surface area contributed by atoms with Crippen LogP contribution in [0.5, 0.6) is 0 Å². The highest BCUT2D eigenvalue weighted by Gasteiger charge is 2.22. The van der Waals surface area contributed by atoms with Gasteiger partial charge in [-0.3, -0.25) is 14.7 Å². The van der Waals surface area contributed by atoms with Crippen LogP contribution in [0.25, 0.3) is 10.2 Å². The summed E-state index contributed by atoms with van der Waals surface area (Å²) >= 11 is 6.33. The van der Waals surface area contributed by atoms with E-state index in [9.17, 15) is 14.4 Å². The van der Waals surface area contributed by atoms with E-state index in [-0.39, 0.29) is 12.4 Å². The van der Waals surface area contributed by atoms with Gasteiger partial charge < -0.3 is 14.2 Å². The van der Waals surface area contributed by atoms with Gasteiger partial charge in [0.05, 0.1) is 32.7 Å². The van der Waals surface area contributed by atoms with E-state index in [1.165, 1.54) is 27.2 Å². The first-order valence-corrected chi connectivity index (χ1v) is 13.4. The van der Waals surface area contributed by atoms with Crippen molar-refractivity contribution in [1.82, 2.24) is 4.57 Å².